The molecule has 2 aromatic carbocycles. The van der Waals surface area contributed by atoms with Crippen molar-refractivity contribution in [3.63, 3.8) is 0 Å². The number of nitrogens with one attached hydrogen (secondary N) is 2. The van der Waals surface area contributed by atoms with E-state index in [0.29, 0.717) is 19.3 Å². The molecule has 0 aromatic heterocycles. The zero-order valence-electron chi connectivity index (χ0n) is 19.5. The monoisotopic (exact) mass is 464 g/mol. The van der Waals surface area contributed by atoms with Crippen LogP contribution in [-0.4, -0.2) is 41.8 Å². The molecule has 3 N–H and O–H groups in total. The third kappa shape index (κ3) is 5.08. The quantitative estimate of drug-likeness (QED) is 0.501. The average molecular weight is 465 g/mol. The zero-order chi connectivity index (χ0) is 24.1. The number of fused-ring (bicyclic) bond motifs is 3. The van der Waals surface area contributed by atoms with Crippen molar-refractivity contribution < 1.29 is 24.2 Å². The maximum atomic E-state index is 13.1. The van der Waals surface area contributed by atoms with Gasteiger partial charge in [-0.2, -0.15) is 0 Å². The third-order valence-corrected chi connectivity index (χ3v) is 6.97. The Labute approximate surface area is 199 Å². The molecule has 1 fully saturated rings. The van der Waals surface area contributed by atoms with Crippen molar-refractivity contribution in [3.05, 3.63) is 59.7 Å². The molecule has 4 rings (SSSR count). The van der Waals surface area contributed by atoms with Gasteiger partial charge in [-0.3, -0.25) is 9.59 Å². The maximum absolute atomic E-state index is 13.1. The van der Waals surface area contributed by atoms with Gasteiger partial charge in [0.2, 0.25) is 5.91 Å². The molecule has 7 nitrogen and oxygen atoms in total. The van der Waals surface area contributed by atoms with Gasteiger partial charge in [-0.05, 0) is 47.4 Å². The molecular weight excluding hydrogens is 432 g/mol. The van der Waals surface area contributed by atoms with Gasteiger partial charge in [0.05, 0.1) is 0 Å². The van der Waals surface area contributed by atoms with Gasteiger partial charge in [-0.1, -0.05) is 68.3 Å². The van der Waals surface area contributed by atoms with Crippen molar-refractivity contribution in [2.24, 2.45) is 5.92 Å². The Morgan fingerprint density at radius 1 is 1.06 bits per heavy atom. The van der Waals surface area contributed by atoms with E-state index in [-0.39, 0.29) is 37.3 Å². The maximum Gasteiger partial charge on any atom is 0.408 e. The topological polar surface area (TPSA) is 105 Å². The van der Waals surface area contributed by atoms with Gasteiger partial charge in [0.25, 0.3) is 0 Å². The number of carbonyl (C=O) groups excluding carboxylic acids is 2. The zero-order valence-corrected chi connectivity index (χ0v) is 19.5. The third-order valence-electron chi connectivity index (χ3n) is 6.97. The van der Waals surface area contributed by atoms with Crippen molar-refractivity contribution >= 4 is 18.0 Å². The van der Waals surface area contributed by atoms with E-state index in [1.54, 1.807) is 0 Å². The summed E-state index contributed by atoms with van der Waals surface area (Å²) in [4.78, 5) is 36.8. The molecule has 7 heteroatoms. The molecule has 180 valence electrons. The first kappa shape index (κ1) is 23.8. The van der Waals surface area contributed by atoms with Crippen LogP contribution in [0.25, 0.3) is 11.1 Å². The summed E-state index contributed by atoms with van der Waals surface area (Å²) in [6, 6.07) is 16.3. The van der Waals surface area contributed by atoms with Crippen LogP contribution in [0, 0.1) is 5.92 Å². The molecule has 0 heterocycles. The summed E-state index contributed by atoms with van der Waals surface area (Å²) in [5.41, 5.74) is 3.54. The Kier molecular flexibility index (Phi) is 7.20. The van der Waals surface area contributed by atoms with E-state index >= 15 is 0 Å². The highest BCUT2D eigenvalue weighted by Gasteiger charge is 2.43. The molecule has 34 heavy (non-hydrogen) atoms. The molecule has 2 aromatic rings. The number of hydrogen-bond acceptors (Lipinski definition) is 4. The largest absolute Gasteiger partial charge is 0.481 e. The summed E-state index contributed by atoms with van der Waals surface area (Å²) in [5.74, 6) is -0.929. The molecule has 0 aliphatic heterocycles. The fourth-order valence-corrected chi connectivity index (χ4v) is 5.37. The summed E-state index contributed by atoms with van der Waals surface area (Å²) in [6.45, 7) is 2.52. The van der Waals surface area contributed by atoms with E-state index in [1.807, 2.05) is 24.3 Å². The fraction of sp³-hybridized carbons (Fsp3) is 0.444. The minimum Gasteiger partial charge on any atom is -0.481 e. The number of ether oxygens (including phenoxy) is 1. The number of hydrogen-bond donors (Lipinski definition) is 3. The fourth-order valence-electron chi connectivity index (χ4n) is 5.37. The number of carboxylic acids is 1. The molecule has 0 radical (unpaired) electrons. The van der Waals surface area contributed by atoms with Crippen molar-refractivity contribution in [1.82, 2.24) is 10.6 Å². The van der Waals surface area contributed by atoms with E-state index in [4.69, 9.17) is 9.84 Å². The SMILES string of the molecule is CC1CCCC(NC(=O)OCC2c3ccccc3-c3ccccc32)(C(=O)NCCCC(=O)O)C1. The van der Waals surface area contributed by atoms with Crippen molar-refractivity contribution in [3.8, 4) is 11.1 Å². The van der Waals surface area contributed by atoms with Gasteiger partial charge in [0, 0.05) is 18.9 Å². The summed E-state index contributed by atoms with van der Waals surface area (Å²) >= 11 is 0. The van der Waals surface area contributed by atoms with Gasteiger partial charge in [0.15, 0.2) is 0 Å². The van der Waals surface area contributed by atoms with Crippen LogP contribution in [0.4, 0.5) is 4.79 Å². The number of carboxylic acid groups (broad SMARTS) is 1. The Balaban J connectivity index is 1.42. The predicted octanol–water partition coefficient (Wildman–Crippen LogP) is 4.46. The van der Waals surface area contributed by atoms with Crippen LogP contribution < -0.4 is 10.6 Å². The Morgan fingerprint density at radius 2 is 1.71 bits per heavy atom. The van der Waals surface area contributed by atoms with Gasteiger partial charge in [-0.25, -0.2) is 4.79 Å². The van der Waals surface area contributed by atoms with Crippen LogP contribution in [0.2, 0.25) is 0 Å². The molecule has 2 aliphatic carbocycles. The number of carbonyl (C=O) groups is 3. The van der Waals surface area contributed by atoms with E-state index in [2.05, 4.69) is 41.8 Å². The number of alkyl carbamates (subject to hydrolysis) is 1. The second-order valence-corrected chi connectivity index (χ2v) is 9.49. The van der Waals surface area contributed by atoms with Crippen LogP contribution in [0.5, 0.6) is 0 Å². The Morgan fingerprint density at radius 3 is 2.32 bits per heavy atom. The van der Waals surface area contributed by atoms with Crippen molar-refractivity contribution in [2.75, 3.05) is 13.2 Å². The number of benzene rings is 2. The summed E-state index contributed by atoms with van der Waals surface area (Å²) in [6.07, 6.45) is 2.63. The highest BCUT2D eigenvalue weighted by atomic mass is 16.5. The summed E-state index contributed by atoms with van der Waals surface area (Å²) in [5, 5.41) is 14.5. The number of rotatable bonds is 8. The van der Waals surface area contributed by atoms with Crippen molar-refractivity contribution in [2.45, 2.75) is 56.9 Å². The van der Waals surface area contributed by atoms with Crippen LogP contribution in [0.1, 0.15) is 62.5 Å². The summed E-state index contributed by atoms with van der Waals surface area (Å²) in [7, 11) is 0. The molecule has 2 amide bonds. The molecule has 0 spiro atoms. The van der Waals surface area contributed by atoms with E-state index in [1.165, 1.54) is 0 Å². The molecule has 0 bridgehead atoms. The minimum absolute atomic E-state index is 0.0104. The molecule has 1 saturated carbocycles. The minimum atomic E-state index is -1.04. The normalized spacial score (nSPS) is 21.3. The highest BCUT2D eigenvalue weighted by Crippen LogP contribution is 2.44. The predicted molar refractivity (Wildman–Crippen MR) is 128 cm³/mol. The first-order chi connectivity index (χ1) is 16.4. The second-order valence-electron chi connectivity index (χ2n) is 9.49. The van der Waals surface area contributed by atoms with E-state index in [9.17, 15) is 14.4 Å². The van der Waals surface area contributed by atoms with Gasteiger partial charge < -0.3 is 20.5 Å². The lowest BCUT2D eigenvalue weighted by Gasteiger charge is -2.39. The molecule has 2 unspecified atom stereocenters. The molecule has 2 atom stereocenters. The average Bonchev–Trinajstić information content (AvgIpc) is 3.14. The highest BCUT2D eigenvalue weighted by molar-refractivity contribution is 5.90. The van der Waals surface area contributed by atoms with Gasteiger partial charge in [0.1, 0.15) is 12.1 Å². The lowest BCUT2D eigenvalue weighted by molar-refractivity contribution is -0.137. The van der Waals surface area contributed by atoms with Crippen LogP contribution in [0.3, 0.4) is 0 Å². The first-order valence-corrected chi connectivity index (χ1v) is 12.0. The standard InChI is InChI=1S/C27H32N2O5/c1-18-8-6-14-27(16-18,25(32)28-15-7-13-24(30)31)29-26(33)34-17-23-21-11-4-2-9-19(21)20-10-3-5-12-22(20)23/h2-5,9-12,18,23H,6-8,13-17H2,1H3,(H,28,32)(H,29,33)(H,30,31). The Hall–Kier alpha value is -3.35. The molecular formula is C27H32N2O5. The first-order valence-electron chi connectivity index (χ1n) is 12.0. The second kappa shape index (κ2) is 10.3. The van der Waals surface area contributed by atoms with E-state index in [0.717, 1.165) is 35.1 Å². The van der Waals surface area contributed by atoms with Crippen LogP contribution >= 0.6 is 0 Å². The lowest BCUT2D eigenvalue weighted by atomic mass is 9.75. The molecule has 2 aliphatic rings. The smallest absolute Gasteiger partial charge is 0.408 e. The number of amides is 2. The lowest BCUT2D eigenvalue weighted by Crippen LogP contribution is -2.61. The van der Waals surface area contributed by atoms with Crippen molar-refractivity contribution in [1.29, 1.82) is 0 Å². The van der Waals surface area contributed by atoms with E-state index < -0.39 is 17.6 Å². The number of aliphatic carboxylic acids is 1. The van der Waals surface area contributed by atoms with Crippen LogP contribution in [-0.2, 0) is 14.3 Å². The van der Waals surface area contributed by atoms with Gasteiger partial charge in [-0.15, -0.1) is 0 Å². The van der Waals surface area contributed by atoms with Crippen LogP contribution in [0.15, 0.2) is 48.5 Å². The summed E-state index contributed by atoms with van der Waals surface area (Å²) < 4.78 is 5.70. The molecule has 0 saturated heterocycles. The van der Waals surface area contributed by atoms with Gasteiger partial charge >= 0.3 is 12.1 Å². The Bertz CT molecular complexity index is 1020.